The number of thiophene rings is 1. The topological polar surface area (TPSA) is 68.0 Å². The molecule has 1 unspecified atom stereocenters. The normalized spacial score (nSPS) is 18.6. The lowest BCUT2D eigenvalue weighted by molar-refractivity contribution is -0.139. The van der Waals surface area contributed by atoms with E-state index in [1.807, 2.05) is 23.6 Å². The second kappa shape index (κ2) is 4.20. The van der Waals surface area contributed by atoms with Gasteiger partial charge in [0, 0.05) is 11.4 Å². The van der Waals surface area contributed by atoms with Crippen LogP contribution < -0.4 is 0 Å². The van der Waals surface area contributed by atoms with Gasteiger partial charge in [0.2, 0.25) is 0 Å². The fraction of sp³-hybridized carbons (Fsp3) is 0.417. The van der Waals surface area contributed by atoms with Crippen molar-refractivity contribution < 1.29 is 9.90 Å². The predicted molar refractivity (Wildman–Crippen MR) is 67.7 cm³/mol. The van der Waals surface area contributed by atoms with E-state index in [4.69, 9.17) is 0 Å². The molecule has 0 aromatic carbocycles. The van der Waals surface area contributed by atoms with Gasteiger partial charge in [0.05, 0.1) is 4.88 Å². The van der Waals surface area contributed by atoms with Crippen LogP contribution in [-0.2, 0) is 11.3 Å². The molecular formula is C12H13N3O2S. The Hall–Kier alpha value is -1.69. The SMILES string of the molecule is Cc1ccc(-c2nnc3n2CCCC3C(=O)O)s1. The largest absolute Gasteiger partial charge is 0.481 e. The molecule has 2 aromatic rings. The molecule has 1 N–H and O–H groups in total. The van der Waals surface area contributed by atoms with Gasteiger partial charge >= 0.3 is 5.97 Å². The number of aryl methyl sites for hydroxylation is 1. The molecule has 0 bridgehead atoms. The van der Waals surface area contributed by atoms with Crippen molar-refractivity contribution in [2.75, 3.05) is 0 Å². The molecule has 1 aliphatic heterocycles. The fourth-order valence-corrected chi connectivity index (χ4v) is 3.21. The summed E-state index contributed by atoms with van der Waals surface area (Å²) in [4.78, 5) is 13.5. The van der Waals surface area contributed by atoms with Gasteiger partial charge < -0.3 is 9.67 Å². The highest BCUT2D eigenvalue weighted by atomic mass is 32.1. The van der Waals surface area contributed by atoms with Crippen LogP contribution >= 0.6 is 11.3 Å². The van der Waals surface area contributed by atoms with Crippen molar-refractivity contribution in [1.29, 1.82) is 0 Å². The smallest absolute Gasteiger partial charge is 0.314 e. The third-order valence-electron chi connectivity index (χ3n) is 3.22. The van der Waals surface area contributed by atoms with E-state index in [1.165, 1.54) is 4.88 Å². The molecule has 0 saturated carbocycles. The molecule has 0 saturated heterocycles. The number of hydrogen-bond acceptors (Lipinski definition) is 4. The van der Waals surface area contributed by atoms with E-state index in [1.54, 1.807) is 11.3 Å². The second-order valence-electron chi connectivity index (χ2n) is 4.48. The van der Waals surface area contributed by atoms with Crippen molar-refractivity contribution >= 4 is 17.3 Å². The van der Waals surface area contributed by atoms with Crippen molar-refractivity contribution in [3.8, 4) is 10.7 Å². The van der Waals surface area contributed by atoms with Crippen LogP contribution in [0.25, 0.3) is 10.7 Å². The van der Waals surface area contributed by atoms with Gasteiger partial charge in [-0.15, -0.1) is 21.5 Å². The van der Waals surface area contributed by atoms with Crippen molar-refractivity contribution in [3.63, 3.8) is 0 Å². The fourth-order valence-electron chi connectivity index (χ4n) is 2.35. The average Bonchev–Trinajstić information content (AvgIpc) is 2.93. The lowest BCUT2D eigenvalue weighted by atomic mass is 9.99. The number of rotatable bonds is 2. The van der Waals surface area contributed by atoms with E-state index in [-0.39, 0.29) is 0 Å². The zero-order chi connectivity index (χ0) is 12.7. The summed E-state index contributed by atoms with van der Waals surface area (Å²) in [5, 5.41) is 17.4. The summed E-state index contributed by atoms with van der Waals surface area (Å²) < 4.78 is 1.95. The number of fused-ring (bicyclic) bond motifs is 1. The van der Waals surface area contributed by atoms with Gasteiger partial charge in [0.25, 0.3) is 0 Å². The molecule has 3 rings (SSSR count). The van der Waals surface area contributed by atoms with E-state index in [9.17, 15) is 9.90 Å². The summed E-state index contributed by atoms with van der Waals surface area (Å²) in [6.07, 6.45) is 1.51. The van der Waals surface area contributed by atoms with Crippen LogP contribution in [0, 0.1) is 6.92 Å². The summed E-state index contributed by atoms with van der Waals surface area (Å²) in [5.41, 5.74) is 0. The van der Waals surface area contributed by atoms with Crippen LogP contribution in [-0.4, -0.2) is 25.8 Å². The van der Waals surface area contributed by atoms with E-state index >= 15 is 0 Å². The number of carbonyl (C=O) groups is 1. The Bertz CT molecular complexity index is 602. The minimum atomic E-state index is -0.808. The van der Waals surface area contributed by atoms with Crippen molar-refractivity contribution in [1.82, 2.24) is 14.8 Å². The Morgan fingerprint density at radius 3 is 3.00 bits per heavy atom. The molecule has 0 amide bonds. The minimum Gasteiger partial charge on any atom is -0.481 e. The molecule has 1 aliphatic rings. The van der Waals surface area contributed by atoms with Crippen LogP contribution in [0.4, 0.5) is 0 Å². The quantitative estimate of drug-likeness (QED) is 0.902. The standard InChI is InChI=1S/C12H13N3O2S/c1-7-4-5-9(18-7)11-14-13-10-8(12(16)17)3-2-6-15(10)11/h4-5,8H,2-3,6H2,1H3,(H,16,17). The van der Waals surface area contributed by atoms with Crippen molar-refractivity contribution in [2.45, 2.75) is 32.2 Å². The average molecular weight is 263 g/mol. The van der Waals surface area contributed by atoms with E-state index in [0.29, 0.717) is 12.2 Å². The molecule has 0 spiro atoms. The third-order valence-corrected chi connectivity index (χ3v) is 4.22. The Morgan fingerprint density at radius 1 is 1.50 bits per heavy atom. The lowest BCUT2D eigenvalue weighted by Crippen LogP contribution is -2.22. The first-order valence-electron chi connectivity index (χ1n) is 5.89. The Balaban J connectivity index is 2.07. The highest BCUT2D eigenvalue weighted by Gasteiger charge is 2.30. The summed E-state index contributed by atoms with van der Waals surface area (Å²) >= 11 is 1.66. The van der Waals surface area contributed by atoms with Gasteiger partial charge in [0.1, 0.15) is 11.7 Å². The van der Waals surface area contributed by atoms with Crippen LogP contribution in [0.3, 0.4) is 0 Å². The molecular weight excluding hydrogens is 250 g/mol. The maximum Gasteiger partial charge on any atom is 0.314 e. The van der Waals surface area contributed by atoms with Gasteiger partial charge in [-0.2, -0.15) is 0 Å². The Labute approximate surface area is 108 Å². The molecule has 2 aromatic heterocycles. The van der Waals surface area contributed by atoms with Crippen molar-refractivity contribution in [3.05, 3.63) is 22.8 Å². The minimum absolute atomic E-state index is 0.513. The summed E-state index contributed by atoms with van der Waals surface area (Å²) in [6, 6.07) is 4.06. The number of hydrogen-bond donors (Lipinski definition) is 1. The molecule has 0 radical (unpaired) electrons. The molecule has 18 heavy (non-hydrogen) atoms. The number of aromatic nitrogens is 3. The predicted octanol–water partition coefficient (Wildman–Crippen LogP) is 2.28. The highest BCUT2D eigenvalue weighted by Crippen LogP contribution is 2.32. The summed E-state index contributed by atoms with van der Waals surface area (Å²) in [5.74, 6) is 0.0715. The van der Waals surface area contributed by atoms with Gasteiger partial charge in [-0.1, -0.05) is 0 Å². The van der Waals surface area contributed by atoms with Gasteiger partial charge in [-0.05, 0) is 31.9 Å². The van der Waals surface area contributed by atoms with Gasteiger partial charge in [-0.25, -0.2) is 0 Å². The molecule has 6 heteroatoms. The zero-order valence-corrected chi connectivity index (χ0v) is 10.8. The molecule has 3 heterocycles. The Kier molecular flexibility index (Phi) is 2.66. The van der Waals surface area contributed by atoms with Crippen LogP contribution in [0.1, 0.15) is 29.5 Å². The third kappa shape index (κ3) is 1.73. The molecule has 0 aliphatic carbocycles. The lowest BCUT2D eigenvalue weighted by Gasteiger charge is -2.20. The van der Waals surface area contributed by atoms with Crippen molar-refractivity contribution in [2.24, 2.45) is 0 Å². The van der Waals surface area contributed by atoms with Gasteiger partial charge in [0.15, 0.2) is 5.82 Å². The van der Waals surface area contributed by atoms with Gasteiger partial charge in [-0.3, -0.25) is 4.79 Å². The first-order valence-corrected chi connectivity index (χ1v) is 6.71. The van der Waals surface area contributed by atoms with Crippen LogP contribution in [0.15, 0.2) is 12.1 Å². The summed E-state index contributed by atoms with van der Waals surface area (Å²) in [6.45, 7) is 2.85. The van der Waals surface area contributed by atoms with E-state index in [2.05, 4.69) is 10.2 Å². The Morgan fingerprint density at radius 2 is 2.33 bits per heavy atom. The number of aliphatic carboxylic acids is 1. The first kappa shape index (κ1) is 11.4. The number of carboxylic acids is 1. The number of nitrogens with zero attached hydrogens (tertiary/aromatic N) is 3. The van der Waals surface area contributed by atoms with Crippen LogP contribution in [0.5, 0.6) is 0 Å². The van der Waals surface area contributed by atoms with Crippen LogP contribution in [0.2, 0.25) is 0 Å². The number of carboxylic acid groups (broad SMARTS) is 1. The summed E-state index contributed by atoms with van der Waals surface area (Å²) in [7, 11) is 0. The monoisotopic (exact) mass is 263 g/mol. The highest BCUT2D eigenvalue weighted by molar-refractivity contribution is 7.15. The first-order chi connectivity index (χ1) is 8.66. The molecule has 1 atom stereocenters. The zero-order valence-electron chi connectivity index (χ0n) is 9.96. The van der Waals surface area contributed by atoms with E-state index in [0.717, 1.165) is 23.7 Å². The maximum atomic E-state index is 11.2. The molecule has 94 valence electrons. The maximum absolute atomic E-state index is 11.2. The molecule has 0 fully saturated rings. The second-order valence-corrected chi connectivity index (χ2v) is 5.76. The molecule has 5 nitrogen and oxygen atoms in total. The van der Waals surface area contributed by atoms with E-state index < -0.39 is 11.9 Å².